The van der Waals surface area contributed by atoms with Gasteiger partial charge in [0.1, 0.15) is 17.6 Å². The fraction of sp³-hybridized carbons (Fsp3) is 0.429. The molecular weight excluding hydrogens is 290 g/mol. The van der Waals surface area contributed by atoms with Crippen molar-refractivity contribution < 1.29 is 19.2 Å². The van der Waals surface area contributed by atoms with Gasteiger partial charge in [0, 0.05) is 24.7 Å². The highest BCUT2D eigenvalue weighted by Crippen LogP contribution is 2.24. The average Bonchev–Trinajstić information content (AvgIpc) is 2.41. The van der Waals surface area contributed by atoms with Crippen molar-refractivity contribution in [1.82, 2.24) is 5.32 Å². The van der Waals surface area contributed by atoms with E-state index in [-0.39, 0.29) is 30.0 Å². The summed E-state index contributed by atoms with van der Waals surface area (Å²) in [6, 6.07) is 4.12. The van der Waals surface area contributed by atoms with Crippen LogP contribution >= 0.6 is 0 Å². The lowest BCUT2D eigenvalue weighted by molar-refractivity contribution is -0.384. The number of nitro groups is 1. The van der Waals surface area contributed by atoms with Crippen LogP contribution in [0.5, 0.6) is 0 Å². The molecule has 0 aliphatic rings. The van der Waals surface area contributed by atoms with Gasteiger partial charge in [-0.05, 0) is 32.9 Å². The predicted molar refractivity (Wildman–Crippen MR) is 81.2 cm³/mol. The molecule has 0 heterocycles. The molecule has 0 saturated carbocycles. The van der Waals surface area contributed by atoms with Crippen LogP contribution in [0.1, 0.15) is 31.1 Å². The fourth-order valence-electron chi connectivity index (χ4n) is 1.60. The molecule has 0 unspecified atom stereocenters. The number of alkyl carbamates (subject to hydrolysis) is 1. The third-order valence-electron chi connectivity index (χ3n) is 2.46. The lowest BCUT2D eigenvalue weighted by Crippen LogP contribution is -2.35. The number of ether oxygens (including phenoxy) is 1. The number of nitrogens with one attached hydrogen (secondary N) is 2. The second-order valence-corrected chi connectivity index (χ2v) is 5.51. The number of hydrogen-bond donors (Lipinski definition) is 2. The average molecular weight is 309 g/mol. The molecule has 0 saturated heterocycles. The van der Waals surface area contributed by atoms with Crippen molar-refractivity contribution in [3.63, 3.8) is 0 Å². The van der Waals surface area contributed by atoms with E-state index in [2.05, 4.69) is 10.6 Å². The van der Waals surface area contributed by atoms with E-state index in [4.69, 9.17) is 4.74 Å². The lowest BCUT2D eigenvalue weighted by atomic mass is 10.2. The second kappa shape index (κ2) is 7.39. The van der Waals surface area contributed by atoms with Gasteiger partial charge in [0.2, 0.25) is 0 Å². The summed E-state index contributed by atoms with van der Waals surface area (Å²) in [4.78, 5) is 32.4. The predicted octanol–water partition coefficient (Wildman–Crippen LogP) is 2.34. The van der Waals surface area contributed by atoms with Gasteiger partial charge < -0.3 is 15.4 Å². The van der Waals surface area contributed by atoms with E-state index >= 15 is 0 Å². The molecule has 1 aromatic rings. The van der Waals surface area contributed by atoms with Crippen LogP contribution in [-0.2, 0) is 4.74 Å². The molecule has 8 nitrogen and oxygen atoms in total. The Balaban J connectivity index is 2.53. The van der Waals surface area contributed by atoms with Crippen molar-refractivity contribution in [3.05, 3.63) is 33.9 Å². The molecule has 1 rings (SSSR count). The molecule has 0 atom stereocenters. The highest BCUT2D eigenvalue weighted by molar-refractivity contribution is 5.79. The van der Waals surface area contributed by atoms with Gasteiger partial charge in [0.25, 0.3) is 5.69 Å². The molecule has 0 radical (unpaired) electrons. The normalized spacial score (nSPS) is 10.7. The molecule has 0 aromatic heterocycles. The van der Waals surface area contributed by atoms with Crippen LogP contribution in [0.4, 0.5) is 16.2 Å². The minimum Gasteiger partial charge on any atom is -0.444 e. The van der Waals surface area contributed by atoms with Crippen molar-refractivity contribution in [2.45, 2.75) is 26.4 Å². The van der Waals surface area contributed by atoms with Crippen LogP contribution in [0.3, 0.4) is 0 Å². The number of carbonyl (C=O) groups excluding carboxylic acids is 2. The minimum absolute atomic E-state index is 0.193. The van der Waals surface area contributed by atoms with E-state index in [1.807, 2.05) is 0 Å². The Hall–Kier alpha value is -2.64. The molecule has 1 aromatic carbocycles. The zero-order chi connectivity index (χ0) is 16.8. The Morgan fingerprint density at radius 1 is 1.36 bits per heavy atom. The first-order valence-corrected chi connectivity index (χ1v) is 6.67. The lowest BCUT2D eigenvalue weighted by Gasteiger charge is -2.19. The first kappa shape index (κ1) is 17.4. The number of carbonyl (C=O) groups is 2. The largest absolute Gasteiger partial charge is 0.444 e. The molecule has 22 heavy (non-hydrogen) atoms. The van der Waals surface area contributed by atoms with Crippen LogP contribution in [0, 0.1) is 10.1 Å². The van der Waals surface area contributed by atoms with E-state index in [1.54, 1.807) is 20.8 Å². The summed E-state index contributed by atoms with van der Waals surface area (Å²) in [7, 11) is 0. The van der Waals surface area contributed by atoms with Crippen LogP contribution in [0.2, 0.25) is 0 Å². The van der Waals surface area contributed by atoms with E-state index in [0.717, 1.165) is 0 Å². The highest BCUT2D eigenvalue weighted by atomic mass is 16.6. The van der Waals surface area contributed by atoms with Crippen LogP contribution < -0.4 is 10.6 Å². The van der Waals surface area contributed by atoms with Crippen molar-refractivity contribution >= 4 is 23.8 Å². The van der Waals surface area contributed by atoms with Gasteiger partial charge in [-0.15, -0.1) is 0 Å². The zero-order valence-corrected chi connectivity index (χ0v) is 12.7. The first-order valence-electron chi connectivity index (χ1n) is 6.67. The van der Waals surface area contributed by atoms with Gasteiger partial charge in [-0.3, -0.25) is 14.9 Å². The summed E-state index contributed by atoms with van der Waals surface area (Å²) < 4.78 is 5.06. The van der Waals surface area contributed by atoms with Crippen LogP contribution in [-0.4, -0.2) is 36.0 Å². The SMILES string of the molecule is CC(C)(C)OC(=O)NCCNc1ccc(C=O)cc1[N+](=O)[O-]. The third-order valence-corrected chi connectivity index (χ3v) is 2.46. The standard InChI is InChI=1S/C14H19N3O5/c1-14(2,3)22-13(19)16-7-6-15-11-5-4-10(9-18)8-12(11)17(20)21/h4-5,8-9,15H,6-7H2,1-3H3,(H,16,19). The summed E-state index contributed by atoms with van der Waals surface area (Å²) in [6.45, 7) is 5.77. The smallest absolute Gasteiger partial charge is 0.407 e. The summed E-state index contributed by atoms with van der Waals surface area (Å²) in [5.41, 5.74) is -0.270. The molecule has 120 valence electrons. The third kappa shape index (κ3) is 5.78. The van der Waals surface area contributed by atoms with E-state index in [1.165, 1.54) is 18.2 Å². The summed E-state index contributed by atoms with van der Waals surface area (Å²) in [6.07, 6.45) is -0.0130. The molecule has 1 amide bonds. The second-order valence-electron chi connectivity index (χ2n) is 5.51. The Morgan fingerprint density at radius 2 is 2.05 bits per heavy atom. The fourth-order valence-corrected chi connectivity index (χ4v) is 1.60. The molecule has 8 heteroatoms. The van der Waals surface area contributed by atoms with Gasteiger partial charge in [0.05, 0.1) is 4.92 Å². The topological polar surface area (TPSA) is 111 Å². The number of amides is 1. The van der Waals surface area contributed by atoms with E-state index < -0.39 is 16.6 Å². The molecule has 0 spiro atoms. The minimum atomic E-state index is -0.582. The molecule has 2 N–H and O–H groups in total. The monoisotopic (exact) mass is 309 g/mol. The van der Waals surface area contributed by atoms with Crippen LogP contribution in [0.25, 0.3) is 0 Å². The molecule has 0 aliphatic heterocycles. The molecular formula is C14H19N3O5. The summed E-state index contributed by atoms with van der Waals surface area (Å²) >= 11 is 0. The maximum atomic E-state index is 11.4. The number of nitrogens with zero attached hydrogens (tertiary/aromatic N) is 1. The van der Waals surface area contributed by atoms with Gasteiger partial charge in [-0.2, -0.15) is 0 Å². The molecule has 0 bridgehead atoms. The van der Waals surface area contributed by atoms with Crippen molar-refractivity contribution in [1.29, 1.82) is 0 Å². The Kier molecular flexibility index (Phi) is 5.85. The maximum absolute atomic E-state index is 11.4. The number of benzene rings is 1. The number of anilines is 1. The molecule has 0 fully saturated rings. The van der Waals surface area contributed by atoms with Gasteiger partial charge in [0.15, 0.2) is 0 Å². The van der Waals surface area contributed by atoms with Crippen molar-refractivity contribution in [2.24, 2.45) is 0 Å². The van der Waals surface area contributed by atoms with Gasteiger partial charge in [-0.1, -0.05) is 0 Å². The summed E-state index contributed by atoms with van der Waals surface area (Å²) in [5.74, 6) is 0. The van der Waals surface area contributed by atoms with Gasteiger partial charge >= 0.3 is 6.09 Å². The molecule has 0 aliphatic carbocycles. The first-order chi connectivity index (χ1) is 10.2. The highest BCUT2D eigenvalue weighted by Gasteiger charge is 2.16. The number of hydrogen-bond acceptors (Lipinski definition) is 6. The Morgan fingerprint density at radius 3 is 2.59 bits per heavy atom. The van der Waals surface area contributed by atoms with Gasteiger partial charge in [-0.25, -0.2) is 4.79 Å². The van der Waals surface area contributed by atoms with E-state index in [0.29, 0.717) is 6.29 Å². The number of aldehydes is 1. The maximum Gasteiger partial charge on any atom is 0.407 e. The van der Waals surface area contributed by atoms with Crippen molar-refractivity contribution in [2.75, 3.05) is 18.4 Å². The number of rotatable bonds is 6. The van der Waals surface area contributed by atoms with Crippen molar-refractivity contribution in [3.8, 4) is 0 Å². The summed E-state index contributed by atoms with van der Waals surface area (Å²) in [5, 5.41) is 16.3. The Labute approximate surface area is 128 Å². The van der Waals surface area contributed by atoms with E-state index in [9.17, 15) is 19.7 Å². The van der Waals surface area contributed by atoms with Crippen LogP contribution in [0.15, 0.2) is 18.2 Å². The zero-order valence-electron chi connectivity index (χ0n) is 12.7. The number of nitro benzene ring substituents is 1. The Bertz CT molecular complexity index is 566. The quantitative estimate of drug-likeness (QED) is 0.361.